The van der Waals surface area contributed by atoms with Crippen LogP contribution in [0.5, 0.6) is 0 Å². The third-order valence-electron chi connectivity index (χ3n) is 5.13. The molecule has 2 aromatic carbocycles. The van der Waals surface area contributed by atoms with Gasteiger partial charge in [0, 0.05) is 35.5 Å². The number of carbonyl (C=O) groups excluding carboxylic acids is 2. The second kappa shape index (κ2) is 11.3. The van der Waals surface area contributed by atoms with Crippen molar-refractivity contribution in [2.75, 3.05) is 11.9 Å². The Labute approximate surface area is 217 Å². The highest BCUT2D eigenvalue weighted by Crippen LogP contribution is 2.32. The molecule has 174 valence electrons. The topological polar surface area (TPSA) is 62.3 Å². The van der Waals surface area contributed by atoms with Gasteiger partial charge in [-0.2, -0.15) is 0 Å². The maximum atomic E-state index is 12.8. The third-order valence-corrected chi connectivity index (χ3v) is 7.67. The van der Waals surface area contributed by atoms with Crippen molar-refractivity contribution in [3.63, 3.8) is 0 Å². The summed E-state index contributed by atoms with van der Waals surface area (Å²) < 4.78 is 0.524. The van der Waals surface area contributed by atoms with Crippen molar-refractivity contribution < 1.29 is 9.59 Å². The number of nitrogens with one attached hydrogen (secondary N) is 1. The van der Waals surface area contributed by atoms with Gasteiger partial charge in [-0.1, -0.05) is 77.5 Å². The molecule has 0 aliphatic carbocycles. The number of hydrogen-bond acceptors (Lipinski definition) is 6. The quantitative estimate of drug-likeness (QED) is 0.274. The van der Waals surface area contributed by atoms with E-state index in [2.05, 4.69) is 10.3 Å². The van der Waals surface area contributed by atoms with Crippen LogP contribution < -0.4 is 5.32 Å². The largest absolute Gasteiger partial charge is 0.302 e. The summed E-state index contributed by atoms with van der Waals surface area (Å²) in [5.74, 6) is -0.240. The molecular weight excluding hydrogens is 506 g/mol. The van der Waals surface area contributed by atoms with E-state index in [0.29, 0.717) is 32.3 Å². The van der Waals surface area contributed by atoms with Gasteiger partial charge in [0.1, 0.15) is 4.32 Å². The maximum absolute atomic E-state index is 12.8. The second-order valence-electron chi connectivity index (χ2n) is 7.83. The van der Waals surface area contributed by atoms with Crippen molar-refractivity contribution >= 4 is 74.3 Å². The first-order chi connectivity index (χ1) is 16.4. The van der Waals surface area contributed by atoms with Crippen molar-refractivity contribution in [1.82, 2.24) is 9.88 Å². The summed E-state index contributed by atoms with van der Waals surface area (Å²) in [5, 5.41) is 4.12. The molecule has 1 N–H and O–H groups in total. The molecule has 1 saturated heterocycles. The van der Waals surface area contributed by atoms with E-state index in [1.165, 1.54) is 28.7 Å². The van der Waals surface area contributed by atoms with E-state index in [4.69, 9.17) is 23.8 Å². The van der Waals surface area contributed by atoms with Gasteiger partial charge in [0.25, 0.3) is 5.91 Å². The SMILES string of the molecule is Cc1ccc(/C=C2\SC(=S)N(CCCC(=O)Nc3ncc(Cc4ccc(Cl)cc4)s3)C2=O)cc1. The lowest BCUT2D eigenvalue weighted by Gasteiger charge is -2.13. The molecule has 5 nitrogen and oxygen atoms in total. The van der Waals surface area contributed by atoms with Gasteiger partial charge < -0.3 is 5.32 Å². The fourth-order valence-corrected chi connectivity index (χ4v) is 5.63. The summed E-state index contributed by atoms with van der Waals surface area (Å²) >= 11 is 14.1. The van der Waals surface area contributed by atoms with E-state index in [1.807, 2.05) is 61.5 Å². The zero-order valence-corrected chi connectivity index (χ0v) is 21.6. The van der Waals surface area contributed by atoms with E-state index >= 15 is 0 Å². The van der Waals surface area contributed by atoms with Crippen LogP contribution in [0.3, 0.4) is 0 Å². The van der Waals surface area contributed by atoms with Crippen LogP contribution in [0.4, 0.5) is 5.13 Å². The van der Waals surface area contributed by atoms with Crippen LogP contribution in [0.2, 0.25) is 5.02 Å². The summed E-state index contributed by atoms with van der Waals surface area (Å²) in [5.41, 5.74) is 3.26. The number of benzene rings is 2. The Balaban J connectivity index is 1.25. The monoisotopic (exact) mass is 527 g/mol. The maximum Gasteiger partial charge on any atom is 0.266 e. The molecule has 0 saturated carbocycles. The average molecular weight is 528 g/mol. The molecule has 0 atom stereocenters. The summed E-state index contributed by atoms with van der Waals surface area (Å²) in [6, 6.07) is 15.6. The number of anilines is 1. The first kappa shape index (κ1) is 24.6. The highest BCUT2D eigenvalue weighted by atomic mass is 35.5. The smallest absolute Gasteiger partial charge is 0.266 e. The zero-order chi connectivity index (χ0) is 24.1. The van der Waals surface area contributed by atoms with Gasteiger partial charge in [-0.05, 0) is 42.7 Å². The highest BCUT2D eigenvalue weighted by Gasteiger charge is 2.31. The van der Waals surface area contributed by atoms with Crippen molar-refractivity contribution in [3.8, 4) is 0 Å². The minimum Gasteiger partial charge on any atom is -0.302 e. The Morgan fingerprint density at radius 2 is 1.91 bits per heavy atom. The van der Waals surface area contributed by atoms with Crippen LogP contribution in [-0.2, 0) is 16.0 Å². The minimum atomic E-state index is -0.131. The van der Waals surface area contributed by atoms with Gasteiger partial charge in [0.15, 0.2) is 5.13 Å². The average Bonchev–Trinajstić information content (AvgIpc) is 3.35. The normalized spacial score (nSPS) is 14.8. The molecule has 4 rings (SSSR count). The molecule has 2 amide bonds. The van der Waals surface area contributed by atoms with Crippen LogP contribution in [-0.4, -0.2) is 32.6 Å². The Kier molecular flexibility index (Phi) is 8.15. The van der Waals surface area contributed by atoms with Crippen molar-refractivity contribution in [2.45, 2.75) is 26.2 Å². The minimum absolute atomic E-state index is 0.109. The number of hydrogen-bond donors (Lipinski definition) is 1. The Morgan fingerprint density at radius 1 is 1.18 bits per heavy atom. The van der Waals surface area contributed by atoms with Gasteiger partial charge in [-0.15, -0.1) is 11.3 Å². The molecule has 1 aliphatic heterocycles. The van der Waals surface area contributed by atoms with Crippen LogP contribution in [0.15, 0.2) is 59.6 Å². The lowest BCUT2D eigenvalue weighted by Crippen LogP contribution is -2.29. The lowest BCUT2D eigenvalue weighted by molar-refractivity contribution is -0.122. The second-order valence-corrected chi connectivity index (χ2v) is 11.1. The molecule has 1 fully saturated rings. The molecule has 9 heteroatoms. The summed E-state index contributed by atoms with van der Waals surface area (Å²) in [6.07, 6.45) is 5.15. The van der Waals surface area contributed by atoms with Crippen molar-refractivity contribution in [1.29, 1.82) is 0 Å². The van der Waals surface area contributed by atoms with Gasteiger partial charge in [0.05, 0.1) is 4.91 Å². The summed E-state index contributed by atoms with van der Waals surface area (Å²) in [6.45, 7) is 2.43. The molecule has 0 spiro atoms. The first-order valence-corrected chi connectivity index (χ1v) is 13.1. The van der Waals surface area contributed by atoms with Crippen molar-refractivity contribution in [2.24, 2.45) is 0 Å². The van der Waals surface area contributed by atoms with Gasteiger partial charge in [-0.25, -0.2) is 4.98 Å². The Morgan fingerprint density at radius 3 is 2.65 bits per heavy atom. The summed E-state index contributed by atoms with van der Waals surface area (Å²) in [4.78, 5) is 32.7. The molecule has 1 aromatic heterocycles. The van der Waals surface area contributed by atoms with Gasteiger partial charge >= 0.3 is 0 Å². The van der Waals surface area contributed by atoms with Gasteiger partial charge in [0.2, 0.25) is 5.91 Å². The van der Waals surface area contributed by atoms with Crippen LogP contribution in [0, 0.1) is 6.92 Å². The number of thiocarbonyl (C=S) groups is 1. The third kappa shape index (κ3) is 6.54. The number of carbonyl (C=O) groups is 2. The number of thioether (sulfide) groups is 1. The molecule has 34 heavy (non-hydrogen) atoms. The van der Waals surface area contributed by atoms with Crippen LogP contribution >= 0.6 is 46.9 Å². The molecule has 3 aromatic rings. The van der Waals surface area contributed by atoms with Crippen molar-refractivity contribution in [3.05, 3.63) is 86.2 Å². The Hall–Kier alpha value is -2.52. The standard InChI is InChI=1S/C25H22ClN3O2S3/c1-16-4-6-18(7-5-16)14-21-23(31)29(25(32)34-21)12-2-3-22(30)28-24-27-15-20(33-24)13-17-8-10-19(26)11-9-17/h4-11,14-15H,2-3,12-13H2,1H3,(H,27,28,30)/b21-14-. The van der Waals surface area contributed by atoms with Gasteiger partial charge in [-0.3, -0.25) is 14.5 Å². The first-order valence-electron chi connectivity index (χ1n) is 10.7. The van der Waals surface area contributed by atoms with E-state index in [1.54, 1.807) is 11.1 Å². The van der Waals surface area contributed by atoms with Crippen LogP contribution in [0.25, 0.3) is 6.08 Å². The molecule has 0 radical (unpaired) electrons. The molecule has 0 bridgehead atoms. The van der Waals surface area contributed by atoms with E-state index in [-0.39, 0.29) is 18.2 Å². The molecule has 2 heterocycles. The molecular formula is C25H22ClN3O2S3. The number of thiazole rings is 1. The number of halogens is 1. The number of amides is 2. The van der Waals surface area contributed by atoms with E-state index < -0.39 is 0 Å². The number of aromatic nitrogens is 1. The fourth-order valence-electron chi connectivity index (χ4n) is 3.34. The lowest BCUT2D eigenvalue weighted by atomic mass is 10.1. The number of nitrogens with zero attached hydrogens (tertiary/aromatic N) is 2. The molecule has 0 unspecified atom stereocenters. The zero-order valence-electron chi connectivity index (χ0n) is 18.4. The Bertz CT molecular complexity index is 1240. The predicted molar refractivity (Wildman–Crippen MR) is 145 cm³/mol. The predicted octanol–water partition coefficient (Wildman–Crippen LogP) is 6.32. The highest BCUT2D eigenvalue weighted by molar-refractivity contribution is 8.26. The van der Waals surface area contributed by atoms with E-state index in [9.17, 15) is 9.59 Å². The van der Waals surface area contributed by atoms with Crippen LogP contribution in [0.1, 0.15) is 34.4 Å². The van der Waals surface area contributed by atoms with E-state index in [0.717, 1.165) is 22.4 Å². The fraction of sp³-hybridized carbons (Fsp3) is 0.200. The summed E-state index contributed by atoms with van der Waals surface area (Å²) in [7, 11) is 0. The number of aryl methyl sites for hydroxylation is 1. The molecule has 1 aliphatic rings. The number of rotatable bonds is 8.